The van der Waals surface area contributed by atoms with Gasteiger partial charge in [0, 0.05) is 0 Å². The monoisotopic (exact) mass is 196 g/mol. The molecule has 0 saturated heterocycles. The van der Waals surface area contributed by atoms with Gasteiger partial charge < -0.3 is 11.1 Å². The minimum absolute atomic E-state index is 0.191. The van der Waals surface area contributed by atoms with Crippen molar-refractivity contribution < 1.29 is 0 Å². The Morgan fingerprint density at radius 3 is 2.21 bits per heavy atom. The molecule has 0 heterocycles. The molecule has 0 aliphatic heterocycles. The van der Waals surface area contributed by atoms with Crippen molar-refractivity contribution in [3.63, 3.8) is 0 Å². The van der Waals surface area contributed by atoms with Gasteiger partial charge in [-0.3, -0.25) is 0 Å². The third-order valence-electron chi connectivity index (χ3n) is 3.49. The van der Waals surface area contributed by atoms with Gasteiger partial charge in [0.2, 0.25) is 0 Å². The lowest BCUT2D eigenvalue weighted by Gasteiger charge is -2.42. The summed E-state index contributed by atoms with van der Waals surface area (Å²) in [5, 5.41) is 3.17. The highest BCUT2D eigenvalue weighted by atomic mass is 15.1. The van der Waals surface area contributed by atoms with Crippen LogP contribution in [0.5, 0.6) is 0 Å². The quantitative estimate of drug-likeness (QED) is 0.666. The molecule has 0 aromatic rings. The van der Waals surface area contributed by atoms with Crippen LogP contribution in [0.1, 0.15) is 46.5 Å². The molecular weight excluding hydrogens is 172 g/mol. The zero-order chi connectivity index (χ0) is 10.8. The summed E-state index contributed by atoms with van der Waals surface area (Å²) in [5.41, 5.74) is 6.43. The SMILES string of the molecule is C=CNC1(N)CCC(C(C)(C)C)CC1. The van der Waals surface area contributed by atoms with Crippen molar-refractivity contribution >= 4 is 0 Å². The fourth-order valence-corrected chi connectivity index (χ4v) is 2.35. The lowest BCUT2D eigenvalue weighted by atomic mass is 9.70. The van der Waals surface area contributed by atoms with Crippen LogP contribution in [0.25, 0.3) is 0 Å². The van der Waals surface area contributed by atoms with Gasteiger partial charge in [-0.25, -0.2) is 0 Å². The minimum Gasteiger partial charge on any atom is -0.374 e. The third-order valence-corrected chi connectivity index (χ3v) is 3.49. The Morgan fingerprint density at radius 1 is 1.36 bits per heavy atom. The van der Waals surface area contributed by atoms with E-state index in [1.165, 1.54) is 12.8 Å². The normalized spacial score (nSPS) is 33.9. The number of nitrogens with two attached hydrogens (primary N) is 1. The van der Waals surface area contributed by atoms with Gasteiger partial charge in [0.15, 0.2) is 0 Å². The molecule has 2 nitrogen and oxygen atoms in total. The lowest BCUT2D eigenvalue weighted by Crippen LogP contribution is -2.54. The van der Waals surface area contributed by atoms with E-state index in [2.05, 4.69) is 32.7 Å². The van der Waals surface area contributed by atoms with Crippen LogP contribution in [0.2, 0.25) is 0 Å². The molecule has 3 N–H and O–H groups in total. The molecule has 0 atom stereocenters. The van der Waals surface area contributed by atoms with Gasteiger partial charge >= 0.3 is 0 Å². The number of hydrogen-bond acceptors (Lipinski definition) is 2. The largest absolute Gasteiger partial charge is 0.374 e. The van der Waals surface area contributed by atoms with Crippen LogP contribution in [-0.4, -0.2) is 5.66 Å². The fraction of sp³-hybridized carbons (Fsp3) is 0.833. The predicted molar refractivity (Wildman–Crippen MR) is 61.7 cm³/mol. The average Bonchev–Trinajstić information content (AvgIpc) is 2.03. The molecule has 0 aromatic heterocycles. The summed E-state index contributed by atoms with van der Waals surface area (Å²) < 4.78 is 0. The van der Waals surface area contributed by atoms with E-state index >= 15 is 0 Å². The summed E-state index contributed by atoms with van der Waals surface area (Å²) in [4.78, 5) is 0. The smallest absolute Gasteiger partial charge is 0.0851 e. The fourth-order valence-electron chi connectivity index (χ4n) is 2.35. The Morgan fingerprint density at radius 2 is 1.86 bits per heavy atom. The molecule has 82 valence electrons. The van der Waals surface area contributed by atoms with E-state index in [1.807, 2.05) is 0 Å². The number of rotatable bonds is 2. The third kappa shape index (κ3) is 2.74. The van der Waals surface area contributed by atoms with Crippen LogP contribution in [0, 0.1) is 11.3 Å². The van der Waals surface area contributed by atoms with Crippen molar-refractivity contribution in [3.8, 4) is 0 Å². The van der Waals surface area contributed by atoms with E-state index in [4.69, 9.17) is 5.73 Å². The van der Waals surface area contributed by atoms with Crippen molar-refractivity contribution in [2.75, 3.05) is 0 Å². The first-order valence-electron chi connectivity index (χ1n) is 5.55. The van der Waals surface area contributed by atoms with Crippen LogP contribution < -0.4 is 11.1 Å². The molecule has 1 fully saturated rings. The molecule has 0 bridgehead atoms. The maximum absolute atomic E-state index is 6.19. The van der Waals surface area contributed by atoms with Crippen molar-refractivity contribution in [1.29, 1.82) is 0 Å². The molecule has 2 heteroatoms. The molecule has 1 aliphatic rings. The van der Waals surface area contributed by atoms with E-state index in [0.717, 1.165) is 18.8 Å². The first kappa shape index (κ1) is 11.6. The van der Waals surface area contributed by atoms with Crippen LogP contribution in [-0.2, 0) is 0 Å². The Bertz CT molecular complexity index is 195. The molecule has 0 aromatic carbocycles. The summed E-state index contributed by atoms with van der Waals surface area (Å²) in [6, 6.07) is 0. The van der Waals surface area contributed by atoms with Gasteiger partial charge in [-0.05, 0) is 43.2 Å². The minimum atomic E-state index is -0.191. The molecule has 0 radical (unpaired) electrons. The Labute approximate surface area is 87.9 Å². The summed E-state index contributed by atoms with van der Waals surface area (Å²) in [6.45, 7) is 10.6. The van der Waals surface area contributed by atoms with Gasteiger partial charge in [-0.1, -0.05) is 27.4 Å². The lowest BCUT2D eigenvalue weighted by molar-refractivity contribution is 0.125. The van der Waals surface area contributed by atoms with Crippen LogP contribution in [0.15, 0.2) is 12.8 Å². The highest BCUT2D eigenvalue weighted by Gasteiger charge is 2.35. The highest BCUT2D eigenvalue weighted by molar-refractivity contribution is 4.93. The van der Waals surface area contributed by atoms with Gasteiger partial charge in [0.1, 0.15) is 0 Å². The molecule has 1 aliphatic carbocycles. The summed E-state index contributed by atoms with van der Waals surface area (Å²) in [7, 11) is 0. The second-order valence-electron chi connectivity index (χ2n) is 5.64. The molecule has 0 unspecified atom stereocenters. The second-order valence-corrected chi connectivity index (χ2v) is 5.64. The van der Waals surface area contributed by atoms with Gasteiger partial charge in [-0.2, -0.15) is 0 Å². The van der Waals surface area contributed by atoms with E-state index in [9.17, 15) is 0 Å². The number of hydrogen-bond donors (Lipinski definition) is 2. The van der Waals surface area contributed by atoms with Crippen molar-refractivity contribution in [1.82, 2.24) is 5.32 Å². The predicted octanol–water partition coefficient (Wildman–Crippen LogP) is 2.61. The Balaban J connectivity index is 2.49. The first-order valence-corrected chi connectivity index (χ1v) is 5.55. The van der Waals surface area contributed by atoms with E-state index < -0.39 is 0 Å². The van der Waals surface area contributed by atoms with Crippen LogP contribution in [0.3, 0.4) is 0 Å². The average molecular weight is 196 g/mol. The molecular formula is C12H24N2. The summed E-state index contributed by atoms with van der Waals surface area (Å²) in [6.07, 6.45) is 6.28. The topological polar surface area (TPSA) is 38.0 Å². The molecule has 1 rings (SSSR count). The first-order chi connectivity index (χ1) is 6.37. The van der Waals surface area contributed by atoms with E-state index in [1.54, 1.807) is 6.20 Å². The van der Waals surface area contributed by atoms with Gasteiger partial charge in [-0.15, -0.1) is 0 Å². The summed E-state index contributed by atoms with van der Waals surface area (Å²) in [5.74, 6) is 0.811. The van der Waals surface area contributed by atoms with Gasteiger partial charge in [0.05, 0.1) is 5.66 Å². The maximum Gasteiger partial charge on any atom is 0.0851 e. The van der Waals surface area contributed by atoms with E-state index in [0.29, 0.717) is 5.41 Å². The van der Waals surface area contributed by atoms with Gasteiger partial charge in [0.25, 0.3) is 0 Å². The molecule has 0 spiro atoms. The molecule has 0 amide bonds. The highest BCUT2D eigenvalue weighted by Crippen LogP contribution is 2.39. The van der Waals surface area contributed by atoms with E-state index in [-0.39, 0.29) is 5.66 Å². The van der Waals surface area contributed by atoms with Crippen LogP contribution >= 0.6 is 0 Å². The Hall–Kier alpha value is -0.500. The maximum atomic E-state index is 6.19. The zero-order valence-corrected chi connectivity index (χ0v) is 9.77. The standard InChI is InChI=1S/C12H24N2/c1-5-14-12(13)8-6-10(7-9-12)11(2,3)4/h5,10,14H,1,6-9,13H2,2-4H3. The van der Waals surface area contributed by atoms with Crippen LogP contribution in [0.4, 0.5) is 0 Å². The second kappa shape index (κ2) is 3.93. The van der Waals surface area contributed by atoms with Crippen molar-refractivity contribution in [2.24, 2.45) is 17.1 Å². The number of nitrogens with one attached hydrogen (secondary N) is 1. The molecule has 14 heavy (non-hydrogen) atoms. The molecule has 1 saturated carbocycles. The van der Waals surface area contributed by atoms with Crippen molar-refractivity contribution in [2.45, 2.75) is 52.1 Å². The zero-order valence-electron chi connectivity index (χ0n) is 9.77. The Kier molecular flexibility index (Phi) is 3.25. The summed E-state index contributed by atoms with van der Waals surface area (Å²) >= 11 is 0. The van der Waals surface area contributed by atoms with Crippen molar-refractivity contribution in [3.05, 3.63) is 12.8 Å².